The van der Waals surface area contributed by atoms with Crippen LogP contribution in [0.2, 0.25) is 0 Å². The quantitative estimate of drug-likeness (QED) is 0.927. The van der Waals surface area contributed by atoms with Crippen molar-refractivity contribution in [1.82, 2.24) is 4.57 Å². The Morgan fingerprint density at radius 1 is 1.40 bits per heavy atom. The minimum Gasteiger partial charge on any atom is -0.504 e. The number of hydrogen-bond acceptors (Lipinski definition) is 4. The van der Waals surface area contributed by atoms with Crippen LogP contribution in [0.3, 0.4) is 0 Å². The van der Waals surface area contributed by atoms with E-state index in [4.69, 9.17) is 4.74 Å². The largest absolute Gasteiger partial charge is 0.504 e. The second-order valence-corrected chi connectivity index (χ2v) is 4.19. The summed E-state index contributed by atoms with van der Waals surface area (Å²) in [5.74, 6) is 0.308. The molecule has 0 saturated carbocycles. The summed E-state index contributed by atoms with van der Waals surface area (Å²) >= 11 is 0. The van der Waals surface area contributed by atoms with E-state index in [-0.39, 0.29) is 16.9 Å². The molecular weight excluding hydrogens is 256 g/mol. The maximum absolute atomic E-state index is 12.1. The van der Waals surface area contributed by atoms with Crippen LogP contribution in [0.15, 0.2) is 35.3 Å². The number of nitriles is 1. The number of nitrogens with zero attached hydrogens (tertiary/aromatic N) is 2. The summed E-state index contributed by atoms with van der Waals surface area (Å²) in [6, 6.07) is 8.38. The third-order valence-electron chi connectivity index (χ3n) is 3.11. The van der Waals surface area contributed by atoms with Crippen molar-refractivity contribution < 1.29 is 9.84 Å². The predicted octanol–water partition coefficient (Wildman–Crippen LogP) is 2.12. The van der Waals surface area contributed by atoms with Gasteiger partial charge in [0.25, 0.3) is 5.56 Å². The molecule has 0 radical (unpaired) electrons. The first kappa shape index (κ1) is 13.7. The van der Waals surface area contributed by atoms with E-state index in [9.17, 15) is 15.2 Å². The molecule has 5 heteroatoms. The van der Waals surface area contributed by atoms with Gasteiger partial charge in [0.1, 0.15) is 11.6 Å². The SMILES string of the molecule is CCn1ccc(-c2ccc(O)c(OC)c2)c(C#N)c1=O. The molecule has 0 bridgehead atoms. The summed E-state index contributed by atoms with van der Waals surface area (Å²) in [6.07, 6.45) is 1.65. The second kappa shape index (κ2) is 5.49. The minimum absolute atomic E-state index is 0.0108. The average Bonchev–Trinajstić information content (AvgIpc) is 2.47. The molecule has 1 aromatic heterocycles. The predicted molar refractivity (Wildman–Crippen MR) is 74.7 cm³/mol. The molecule has 0 aliphatic carbocycles. The number of rotatable bonds is 3. The van der Waals surface area contributed by atoms with Gasteiger partial charge < -0.3 is 14.4 Å². The van der Waals surface area contributed by atoms with E-state index < -0.39 is 0 Å². The van der Waals surface area contributed by atoms with E-state index >= 15 is 0 Å². The Labute approximate surface area is 116 Å². The first-order valence-corrected chi connectivity index (χ1v) is 6.13. The molecule has 5 nitrogen and oxygen atoms in total. The van der Waals surface area contributed by atoms with Crippen LogP contribution in [-0.4, -0.2) is 16.8 Å². The third-order valence-corrected chi connectivity index (χ3v) is 3.11. The van der Waals surface area contributed by atoms with Gasteiger partial charge in [0, 0.05) is 18.3 Å². The zero-order valence-electron chi connectivity index (χ0n) is 11.3. The smallest absolute Gasteiger partial charge is 0.269 e. The number of aromatic nitrogens is 1. The van der Waals surface area contributed by atoms with Crippen molar-refractivity contribution in [2.24, 2.45) is 0 Å². The maximum atomic E-state index is 12.1. The molecule has 1 N–H and O–H groups in total. The van der Waals surface area contributed by atoms with Gasteiger partial charge in [-0.15, -0.1) is 0 Å². The fraction of sp³-hybridized carbons (Fsp3) is 0.200. The molecule has 0 saturated heterocycles. The van der Waals surface area contributed by atoms with Crippen LogP contribution in [0.1, 0.15) is 12.5 Å². The van der Waals surface area contributed by atoms with Gasteiger partial charge >= 0.3 is 0 Å². The first-order chi connectivity index (χ1) is 9.62. The molecule has 2 aromatic rings. The summed E-state index contributed by atoms with van der Waals surface area (Å²) in [7, 11) is 1.44. The van der Waals surface area contributed by atoms with Crippen molar-refractivity contribution in [3.05, 3.63) is 46.4 Å². The standard InChI is InChI=1S/C15H14N2O3/c1-3-17-7-6-11(12(9-16)15(17)19)10-4-5-13(18)14(8-10)20-2/h4-8,18H,3H2,1-2H3. The van der Waals surface area contributed by atoms with Gasteiger partial charge in [-0.3, -0.25) is 4.79 Å². The number of aromatic hydroxyl groups is 1. The molecule has 1 heterocycles. The number of methoxy groups -OCH3 is 1. The fourth-order valence-electron chi connectivity index (χ4n) is 2.02. The van der Waals surface area contributed by atoms with Crippen molar-refractivity contribution in [1.29, 1.82) is 5.26 Å². The molecule has 0 fully saturated rings. The molecule has 0 atom stereocenters. The topological polar surface area (TPSA) is 75.2 Å². The van der Waals surface area contributed by atoms with Crippen molar-refractivity contribution in [3.8, 4) is 28.7 Å². The molecule has 0 spiro atoms. The van der Waals surface area contributed by atoms with Crippen LogP contribution in [0.4, 0.5) is 0 Å². The first-order valence-electron chi connectivity index (χ1n) is 6.13. The van der Waals surface area contributed by atoms with Crippen LogP contribution in [0.25, 0.3) is 11.1 Å². The van der Waals surface area contributed by atoms with Gasteiger partial charge in [-0.25, -0.2) is 0 Å². The Hall–Kier alpha value is -2.74. The van der Waals surface area contributed by atoms with Crippen molar-refractivity contribution in [2.75, 3.05) is 7.11 Å². The summed E-state index contributed by atoms with van der Waals surface area (Å²) < 4.78 is 6.51. The van der Waals surface area contributed by atoms with Crippen LogP contribution in [0, 0.1) is 11.3 Å². The van der Waals surface area contributed by atoms with E-state index in [1.54, 1.807) is 24.4 Å². The lowest BCUT2D eigenvalue weighted by Gasteiger charge is -2.10. The van der Waals surface area contributed by atoms with E-state index in [2.05, 4.69) is 0 Å². The van der Waals surface area contributed by atoms with Gasteiger partial charge in [0.15, 0.2) is 11.5 Å². The Kier molecular flexibility index (Phi) is 3.76. The number of phenols is 1. The molecule has 0 amide bonds. The second-order valence-electron chi connectivity index (χ2n) is 4.19. The lowest BCUT2D eigenvalue weighted by Crippen LogP contribution is -2.21. The summed E-state index contributed by atoms with van der Waals surface area (Å²) in [5.41, 5.74) is 0.943. The Morgan fingerprint density at radius 3 is 2.75 bits per heavy atom. The molecule has 1 aromatic carbocycles. The van der Waals surface area contributed by atoms with Crippen LogP contribution in [-0.2, 0) is 6.54 Å². The van der Waals surface area contributed by atoms with E-state index in [0.717, 1.165) is 0 Å². The fourth-order valence-corrected chi connectivity index (χ4v) is 2.02. The highest BCUT2D eigenvalue weighted by Crippen LogP contribution is 2.31. The number of aryl methyl sites for hydroxylation is 1. The Bertz CT molecular complexity index is 742. The maximum Gasteiger partial charge on any atom is 0.269 e. The normalized spacial score (nSPS) is 10.1. The third kappa shape index (κ3) is 2.24. The molecule has 20 heavy (non-hydrogen) atoms. The molecule has 0 unspecified atom stereocenters. The summed E-state index contributed by atoms with van der Waals surface area (Å²) in [5, 5.41) is 18.8. The lowest BCUT2D eigenvalue weighted by atomic mass is 10.0. The number of phenolic OH excluding ortho intramolecular Hbond substituents is 1. The van der Waals surface area contributed by atoms with E-state index in [0.29, 0.717) is 23.4 Å². The zero-order chi connectivity index (χ0) is 14.7. The molecule has 2 rings (SSSR count). The molecule has 102 valence electrons. The van der Waals surface area contributed by atoms with E-state index in [1.807, 2.05) is 13.0 Å². The zero-order valence-corrected chi connectivity index (χ0v) is 11.3. The number of ether oxygens (including phenoxy) is 1. The van der Waals surface area contributed by atoms with Gasteiger partial charge in [0.2, 0.25) is 0 Å². The van der Waals surface area contributed by atoms with Crippen molar-refractivity contribution in [3.63, 3.8) is 0 Å². The highest BCUT2D eigenvalue weighted by Gasteiger charge is 2.12. The van der Waals surface area contributed by atoms with Gasteiger partial charge in [0.05, 0.1) is 7.11 Å². The van der Waals surface area contributed by atoms with Gasteiger partial charge in [-0.1, -0.05) is 6.07 Å². The highest BCUT2D eigenvalue weighted by molar-refractivity contribution is 5.72. The Morgan fingerprint density at radius 2 is 2.15 bits per heavy atom. The Balaban J connectivity index is 2.68. The van der Waals surface area contributed by atoms with Gasteiger partial charge in [-0.05, 0) is 30.7 Å². The number of pyridine rings is 1. The minimum atomic E-state index is -0.320. The average molecular weight is 270 g/mol. The van der Waals surface area contributed by atoms with Crippen molar-refractivity contribution in [2.45, 2.75) is 13.5 Å². The van der Waals surface area contributed by atoms with Crippen LogP contribution >= 0.6 is 0 Å². The summed E-state index contributed by atoms with van der Waals surface area (Å²) in [6.45, 7) is 2.35. The highest BCUT2D eigenvalue weighted by atomic mass is 16.5. The molecule has 0 aliphatic rings. The van der Waals surface area contributed by atoms with Crippen LogP contribution in [0.5, 0.6) is 11.5 Å². The van der Waals surface area contributed by atoms with Crippen LogP contribution < -0.4 is 10.3 Å². The lowest BCUT2D eigenvalue weighted by molar-refractivity contribution is 0.373. The summed E-state index contributed by atoms with van der Waals surface area (Å²) in [4.78, 5) is 12.1. The number of hydrogen-bond donors (Lipinski definition) is 1. The molecular formula is C15H14N2O3. The van der Waals surface area contributed by atoms with E-state index in [1.165, 1.54) is 17.7 Å². The van der Waals surface area contributed by atoms with Crippen molar-refractivity contribution >= 4 is 0 Å². The van der Waals surface area contributed by atoms with Gasteiger partial charge in [-0.2, -0.15) is 5.26 Å². The number of benzene rings is 1. The molecule has 0 aliphatic heterocycles. The monoisotopic (exact) mass is 270 g/mol.